The molecule has 4 heteroatoms. The van der Waals surface area contributed by atoms with E-state index in [2.05, 4.69) is 0 Å². The van der Waals surface area contributed by atoms with Crippen molar-refractivity contribution in [1.82, 2.24) is 0 Å². The Balaban J connectivity index is 1.89. The Labute approximate surface area is 117 Å². The van der Waals surface area contributed by atoms with Gasteiger partial charge in [-0.2, -0.15) is 0 Å². The van der Waals surface area contributed by atoms with E-state index in [9.17, 15) is 8.78 Å². The Morgan fingerprint density at radius 1 is 1.00 bits per heavy atom. The van der Waals surface area contributed by atoms with Crippen molar-refractivity contribution in [3.05, 3.63) is 65.7 Å². The van der Waals surface area contributed by atoms with Crippen molar-refractivity contribution in [1.29, 1.82) is 0 Å². The third-order valence-electron chi connectivity index (χ3n) is 3.18. The molecule has 0 aromatic heterocycles. The molecule has 0 heterocycles. The van der Waals surface area contributed by atoms with Crippen molar-refractivity contribution >= 4 is 0 Å². The first kappa shape index (κ1) is 14.5. The molecule has 0 saturated carbocycles. The molecule has 106 valence electrons. The summed E-state index contributed by atoms with van der Waals surface area (Å²) < 4.78 is 31.2. The van der Waals surface area contributed by atoms with E-state index < -0.39 is 11.6 Å². The summed E-state index contributed by atoms with van der Waals surface area (Å²) in [5, 5.41) is 0. The monoisotopic (exact) mass is 277 g/mol. The number of halogens is 2. The average Bonchev–Trinajstić information content (AvgIpc) is 2.48. The van der Waals surface area contributed by atoms with Gasteiger partial charge in [-0.05, 0) is 36.6 Å². The second-order valence-corrected chi connectivity index (χ2v) is 4.56. The van der Waals surface area contributed by atoms with Crippen LogP contribution >= 0.6 is 0 Å². The molecule has 0 radical (unpaired) electrons. The summed E-state index contributed by atoms with van der Waals surface area (Å²) in [6.45, 7) is 0.924. The lowest BCUT2D eigenvalue weighted by Crippen LogP contribution is -2.15. The normalized spacial score (nSPS) is 12.2. The Hall–Kier alpha value is -1.94. The summed E-state index contributed by atoms with van der Waals surface area (Å²) >= 11 is 0. The Morgan fingerprint density at radius 2 is 1.75 bits per heavy atom. The molecular formula is C16H17F2NO. The third-order valence-corrected chi connectivity index (χ3v) is 3.18. The van der Waals surface area contributed by atoms with Crippen molar-refractivity contribution < 1.29 is 13.5 Å². The first-order chi connectivity index (χ1) is 9.70. The molecule has 0 aliphatic carbocycles. The first-order valence-corrected chi connectivity index (χ1v) is 6.53. The maximum atomic E-state index is 13.0. The fraction of sp³-hybridized carbons (Fsp3) is 0.250. The third kappa shape index (κ3) is 3.78. The predicted molar refractivity (Wildman–Crippen MR) is 74.7 cm³/mol. The second-order valence-electron chi connectivity index (χ2n) is 4.56. The van der Waals surface area contributed by atoms with Crippen LogP contribution in [0.25, 0.3) is 0 Å². The van der Waals surface area contributed by atoms with Gasteiger partial charge < -0.3 is 10.5 Å². The lowest BCUT2D eigenvalue weighted by molar-refractivity contribution is 0.296. The van der Waals surface area contributed by atoms with Gasteiger partial charge in [0.1, 0.15) is 5.75 Å². The fourth-order valence-electron chi connectivity index (χ4n) is 2.03. The van der Waals surface area contributed by atoms with Gasteiger partial charge in [0.2, 0.25) is 0 Å². The van der Waals surface area contributed by atoms with Crippen LogP contribution in [0.15, 0.2) is 48.5 Å². The largest absolute Gasteiger partial charge is 0.493 e. The lowest BCUT2D eigenvalue weighted by atomic mass is 9.96. The second kappa shape index (κ2) is 7.01. The van der Waals surface area contributed by atoms with Gasteiger partial charge in [-0.15, -0.1) is 0 Å². The molecule has 20 heavy (non-hydrogen) atoms. The highest BCUT2D eigenvalue weighted by molar-refractivity contribution is 5.24. The zero-order valence-corrected chi connectivity index (χ0v) is 11.1. The minimum atomic E-state index is -0.902. The minimum absolute atomic E-state index is 0.196. The standard InChI is InChI=1S/C16H17F2NO/c17-15-7-6-14(10-16(15)18)20-9-8-13(11-19)12-4-2-1-3-5-12/h1-7,10,13H,8-9,11,19H2. The molecule has 0 spiro atoms. The molecule has 2 nitrogen and oxygen atoms in total. The van der Waals surface area contributed by atoms with Crippen LogP contribution in [-0.2, 0) is 0 Å². The molecule has 0 aliphatic heterocycles. The van der Waals surface area contributed by atoms with E-state index in [0.717, 1.165) is 24.1 Å². The van der Waals surface area contributed by atoms with Crippen LogP contribution in [0.1, 0.15) is 17.9 Å². The SMILES string of the molecule is NCC(CCOc1ccc(F)c(F)c1)c1ccccc1. The van der Waals surface area contributed by atoms with Gasteiger partial charge in [-0.1, -0.05) is 30.3 Å². The molecule has 2 N–H and O–H groups in total. The van der Waals surface area contributed by atoms with E-state index in [1.807, 2.05) is 30.3 Å². The average molecular weight is 277 g/mol. The molecule has 2 aromatic carbocycles. The van der Waals surface area contributed by atoms with Crippen LogP contribution in [-0.4, -0.2) is 13.2 Å². The number of hydrogen-bond donors (Lipinski definition) is 1. The van der Waals surface area contributed by atoms with E-state index in [-0.39, 0.29) is 5.92 Å². The van der Waals surface area contributed by atoms with Crippen LogP contribution in [0.2, 0.25) is 0 Å². The number of benzene rings is 2. The van der Waals surface area contributed by atoms with E-state index in [1.165, 1.54) is 6.07 Å². The number of ether oxygens (including phenoxy) is 1. The van der Waals surface area contributed by atoms with Crippen molar-refractivity contribution in [2.45, 2.75) is 12.3 Å². The maximum absolute atomic E-state index is 13.0. The smallest absolute Gasteiger partial charge is 0.162 e. The molecule has 1 atom stereocenters. The molecule has 2 aromatic rings. The van der Waals surface area contributed by atoms with Gasteiger partial charge in [-0.3, -0.25) is 0 Å². The molecule has 1 unspecified atom stereocenters. The van der Waals surface area contributed by atoms with E-state index in [1.54, 1.807) is 0 Å². The predicted octanol–water partition coefficient (Wildman–Crippen LogP) is 3.48. The highest BCUT2D eigenvalue weighted by Gasteiger charge is 2.10. The van der Waals surface area contributed by atoms with Crippen LogP contribution < -0.4 is 10.5 Å². The number of hydrogen-bond acceptors (Lipinski definition) is 2. The van der Waals surface area contributed by atoms with E-state index in [4.69, 9.17) is 10.5 Å². The maximum Gasteiger partial charge on any atom is 0.162 e. The molecule has 0 bridgehead atoms. The molecule has 0 fully saturated rings. The van der Waals surface area contributed by atoms with Crippen LogP contribution in [0.3, 0.4) is 0 Å². The molecule has 0 amide bonds. The van der Waals surface area contributed by atoms with Crippen molar-refractivity contribution in [2.75, 3.05) is 13.2 Å². The van der Waals surface area contributed by atoms with Gasteiger partial charge in [0.15, 0.2) is 11.6 Å². The van der Waals surface area contributed by atoms with Crippen LogP contribution in [0.4, 0.5) is 8.78 Å². The van der Waals surface area contributed by atoms with E-state index in [0.29, 0.717) is 18.9 Å². The zero-order valence-electron chi connectivity index (χ0n) is 11.1. The topological polar surface area (TPSA) is 35.2 Å². The summed E-state index contributed by atoms with van der Waals surface area (Å²) in [5.41, 5.74) is 6.92. The number of rotatable bonds is 6. The summed E-state index contributed by atoms with van der Waals surface area (Å²) in [5.74, 6) is -1.25. The van der Waals surface area contributed by atoms with Crippen molar-refractivity contribution in [3.8, 4) is 5.75 Å². The Bertz CT molecular complexity index is 545. The fourth-order valence-corrected chi connectivity index (χ4v) is 2.03. The van der Waals surface area contributed by atoms with E-state index >= 15 is 0 Å². The Kier molecular flexibility index (Phi) is 5.07. The molecule has 0 aliphatic rings. The summed E-state index contributed by atoms with van der Waals surface area (Å²) in [6, 6.07) is 13.5. The highest BCUT2D eigenvalue weighted by atomic mass is 19.2. The summed E-state index contributed by atoms with van der Waals surface area (Å²) in [6.07, 6.45) is 0.722. The number of nitrogens with two attached hydrogens (primary N) is 1. The lowest BCUT2D eigenvalue weighted by Gasteiger charge is -2.15. The quantitative estimate of drug-likeness (QED) is 0.877. The zero-order chi connectivity index (χ0) is 14.4. The van der Waals surface area contributed by atoms with Gasteiger partial charge in [0, 0.05) is 6.07 Å². The highest BCUT2D eigenvalue weighted by Crippen LogP contribution is 2.20. The summed E-state index contributed by atoms with van der Waals surface area (Å²) in [4.78, 5) is 0. The van der Waals surface area contributed by atoms with Crippen molar-refractivity contribution in [2.24, 2.45) is 5.73 Å². The van der Waals surface area contributed by atoms with Gasteiger partial charge in [0.05, 0.1) is 6.61 Å². The molecule has 2 rings (SSSR count). The first-order valence-electron chi connectivity index (χ1n) is 6.53. The van der Waals surface area contributed by atoms with Gasteiger partial charge in [-0.25, -0.2) is 8.78 Å². The molecular weight excluding hydrogens is 260 g/mol. The van der Waals surface area contributed by atoms with Gasteiger partial charge in [0.25, 0.3) is 0 Å². The van der Waals surface area contributed by atoms with Gasteiger partial charge >= 0.3 is 0 Å². The minimum Gasteiger partial charge on any atom is -0.493 e. The Morgan fingerprint density at radius 3 is 2.40 bits per heavy atom. The van der Waals surface area contributed by atoms with Crippen molar-refractivity contribution in [3.63, 3.8) is 0 Å². The van der Waals surface area contributed by atoms with Crippen LogP contribution in [0, 0.1) is 11.6 Å². The van der Waals surface area contributed by atoms with Crippen LogP contribution in [0.5, 0.6) is 5.75 Å². The molecule has 0 saturated heterocycles. The summed E-state index contributed by atoms with van der Waals surface area (Å²) in [7, 11) is 0.